The van der Waals surface area contributed by atoms with E-state index in [9.17, 15) is 0 Å². The average molecular weight is 301 g/mol. The molecule has 1 atom stereocenters. The van der Waals surface area contributed by atoms with E-state index < -0.39 is 0 Å². The summed E-state index contributed by atoms with van der Waals surface area (Å²) in [6.07, 6.45) is 12.2. The van der Waals surface area contributed by atoms with Crippen LogP contribution >= 0.6 is 0 Å². The normalized spacial score (nSPS) is 23.3. The summed E-state index contributed by atoms with van der Waals surface area (Å²) < 4.78 is 0. The average Bonchev–Trinajstić information content (AvgIpc) is 2.55. The minimum atomic E-state index is -0.208. The number of nitrogens with zero attached hydrogens (tertiary/aromatic N) is 1. The summed E-state index contributed by atoms with van der Waals surface area (Å²) in [5.41, 5.74) is 3.55. The van der Waals surface area contributed by atoms with Gasteiger partial charge in [-0.2, -0.15) is 0 Å². The molecule has 0 N–H and O–H groups in total. The molecule has 3 rings (SSSR count). The smallest absolute Gasteiger partial charge is 0.0792 e. The Balaban J connectivity index is 2.12. The van der Waals surface area contributed by atoms with Crippen LogP contribution in [0, 0.1) is 0 Å². The van der Waals surface area contributed by atoms with Crippen LogP contribution in [0.25, 0.3) is 0 Å². The number of anilines is 2. The Bertz CT molecular complexity index is 686. The van der Waals surface area contributed by atoms with Crippen LogP contribution in [-0.2, 0) is 0 Å². The van der Waals surface area contributed by atoms with Gasteiger partial charge in [0.25, 0.3) is 0 Å². The summed E-state index contributed by atoms with van der Waals surface area (Å²) in [5, 5.41) is 0. The van der Waals surface area contributed by atoms with Crippen molar-refractivity contribution in [3.8, 4) is 0 Å². The van der Waals surface area contributed by atoms with Gasteiger partial charge in [-0.15, -0.1) is 0 Å². The summed E-state index contributed by atoms with van der Waals surface area (Å²) in [5.74, 6) is 0. The lowest BCUT2D eigenvalue weighted by molar-refractivity contribution is 0.696. The van der Waals surface area contributed by atoms with E-state index in [-0.39, 0.29) is 5.54 Å². The van der Waals surface area contributed by atoms with Crippen LogP contribution in [0.3, 0.4) is 0 Å². The topological polar surface area (TPSA) is 3.24 Å². The molecule has 1 heteroatoms. The van der Waals surface area contributed by atoms with Gasteiger partial charge in [-0.1, -0.05) is 72.4 Å². The van der Waals surface area contributed by atoms with Crippen LogP contribution in [0.5, 0.6) is 0 Å². The lowest BCUT2D eigenvalue weighted by Gasteiger charge is -2.39. The van der Waals surface area contributed by atoms with Crippen molar-refractivity contribution < 1.29 is 0 Å². The van der Waals surface area contributed by atoms with Crippen LogP contribution in [-0.4, -0.2) is 5.54 Å². The van der Waals surface area contributed by atoms with E-state index in [0.717, 1.165) is 6.42 Å². The highest BCUT2D eigenvalue weighted by Gasteiger charge is 2.28. The molecule has 1 aliphatic carbocycles. The minimum absolute atomic E-state index is 0.208. The molecule has 0 saturated carbocycles. The zero-order chi connectivity index (χ0) is 16.1. The van der Waals surface area contributed by atoms with Crippen molar-refractivity contribution in [1.29, 1.82) is 0 Å². The molecule has 0 aliphatic heterocycles. The second kappa shape index (κ2) is 6.70. The Morgan fingerprint density at radius 1 is 0.826 bits per heavy atom. The number of hydrogen-bond donors (Lipinski definition) is 0. The van der Waals surface area contributed by atoms with Crippen LogP contribution in [0.15, 0.2) is 96.6 Å². The third-order valence-electron chi connectivity index (χ3n) is 4.22. The largest absolute Gasteiger partial charge is 0.329 e. The zero-order valence-electron chi connectivity index (χ0n) is 13.8. The highest BCUT2D eigenvalue weighted by molar-refractivity contribution is 5.68. The lowest BCUT2D eigenvalue weighted by atomic mass is 9.93. The Kier molecular flexibility index (Phi) is 4.47. The molecule has 1 aliphatic rings. The number of para-hydroxylation sites is 2. The number of rotatable bonds is 3. The molecule has 0 spiro atoms. The van der Waals surface area contributed by atoms with Crippen LogP contribution < -0.4 is 4.90 Å². The van der Waals surface area contributed by atoms with E-state index in [1.807, 2.05) is 0 Å². The molecule has 0 bridgehead atoms. The molecule has 0 saturated heterocycles. The summed E-state index contributed by atoms with van der Waals surface area (Å²) >= 11 is 0. The Hall–Kier alpha value is -2.54. The van der Waals surface area contributed by atoms with Gasteiger partial charge in [0.2, 0.25) is 0 Å². The van der Waals surface area contributed by atoms with E-state index in [2.05, 4.69) is 110 Å². The minimum Gasteiger partial charge on any atom is -0.329 e. The van der Waals surface area contributed by atoms with Crippen molar-refractivity contribution >= 4 is 11.4 Å². The van der Waals surface area contributed by atoms with Crippen molar-refractivity contribution in [2.75, 3.05) is 4.90 Å². The molecule has 1 nitrogen and oxygen atoms in total. The first-order valence-electron chi connectivity index (χ1n) is 8.12. The maximum Gasteiger partial charge on any atom is 0.0792 e. The first-order valence-corrected chi connectivity index (χ1v) is 8.12. The third kappa shape index (κ3) is 3.45. The second-order valence-corrected chi connectivity index (χ2v) is 6.21. The number of benzene rings is 2. The van der Waals surface area contributed by atoms with Crippen LogP contribution in [0.2, 0.25) is 0 Å². The Morgan fingerprint density at radius 2 is 1.39 bits per heavy atom. The van der Waals surface area contributed by atoms with Gasteiger partial charge in [0.1, 0.15) is 0 Å². The molecular formula is C22H23N. The maximum absolute atomic E-state index is 2.38. The maximum atomic E-state index is 2.38. The molecule has 2 aromatic carbocycles. The SMILES string of the molecule is CC1=C/C=C\C(C)(N(c2ccccc2)c2ccccc2)/C=C\C1. The van der Waals surface area contributed by atoms with Crippen molar-refractivity contribution in [1.82, 2.24) is 0 Å². The van der Waals surface area contributed by atoms with Crippen molar-refractivity contribution in [2.24, 2.45) is 0 Å². The highest BCUT2D eigenvalue weighted by atomic mass is 15.2. The summed E-state index contributed by atoms with van der Waals surface area (Å²) in [4.78, 5) is 2.38. The van der Waals surface area contributed by atoms with Crippen LogP contribution in [0.4, 0.5) is 11.4 Å². The van der Waals surface area contributed by atoms with Gasteiger partial charge in [0.05, 0.1) is 5.54 Å². The quantitative estimate of drug-likeness (QED) is 0.624. The van der Waals surface area contributed by atoms with E-state index in [0.29, 0.717) is 0 Å². The summed E-state index contributed by atoms with van der Waals surface area (Å²) in [7, 11) is 0. The molecule has 116 valence electrons. The van der Waals surface area contributed by atoms with E-state index in [4.69, 9.17) is 0 Å². The van der Waals surface area contributed by atoms with Gasteiger partial charge >= 0.3 is 0 Å². The second-order valence-electron chi connectivity index (χ2n) is 6.21. The van der Waals surface area contributed by atoms with Gasteiger partial charge in [-0.05, 0) is 44.5 Å². The first-order chi connectivity index (χ1) is 11.2. The molecular weight excluding hydrogens is 278 g/mol. The van der Waals surface area contributed by atoms with Crippen molar-refractivity contribution in [3.63, 3.8) is 0 Å². The first kappa shape index (κ1) is 15.4. The predicted molar refractivity (Wildman–Crippen MR) is 100 cm³/mol. The van der Waals surface area contributed by atoms with Gasteiger partial charge in [0, 0.05) is 11.4 Å². The monoisotopic (exact) mass is 301 g/mol. The summed E-state index contributed by atoms with van der Waals surface area (Å²) in [6, 6.07) is 21.2. The summed E-state index contributed by atoms with van der Waals surface area (Å²) in [6.45, 7) is 4.43. The molecule has 0 radical (unpaired) electrons. The van der Waals surface area contributed by atoms with E-state index in [1.54, 1.807) is 0 Å². The van der Waals surface area contributed by atoms with Gasteiger partial charge in [-0.25, -0.2) is 0 Å². The van der Waals surface area contributed by atoms with Gasteiger partial charge in [0.15, 0.2) is 0 Å². The predicted octanol–water partition coefficient (Wildman–Crippen LogP) is 6.05. The highest BCUT2D eigenvalue weighted by Crippen LogP contribution is 2.35. The standard InChI is InChI=1S/C22H23N/c1-19-11-9-17-22(2,18-10-12-19)23(20-13-5-3-6-14-20)21-15-7-4-8-16-21/h3-11,13-18H,12H2,1-2H3/b17-9-,18-10-,19-11?. The molecule has 23 heavy (non-hydrogen) atoms. The van der Waals surface area contributed by atoms with Crippen molar-refractivity contribution in [2.45, 2.75) is 25.8 Å². The van der Waals surface area contributed by atoms with Crippen LogP contribution in [0.1, 0.15) is 20.3 Å². The Morgan fingerprint density at radius 3 is 1.96 bits per heavy atom. The molecule has 0 heterocycles. The van der Waals surface area contributed by atoms with Crippen molar-refractivity contribution in [3.05, 3.63) is 96.6 Å². The van der Waals surface area contributed by atoms with Gasteiger partial charge in [-0.3, -0.25) is 0 Å². The lowest BCUT2D eigenvalue weighted by Crippen LogP contribution is -2.40. The fraction of sp³-hybridized carbons (Fsp3) is 0.182. The molecule has 1 unspecified atom stereocenters. The third-order valence-corrected chi connectivity index (χ3v) is 4.22. The fourth-order valence-corrected chi connectivity index (χ4v) is 3.02. The van der Waals surface area contributed by atoms with Gasteiger partial charge < -0.3 is 4.90 Å². The fourth-order valence-electron chi connectivity index (χ4n) is 3.02. The molecule has 2 aromatic rings. The Labute approximate surface area is 139 Å². The molecule has 0 fully saturated rings. The molecule has 0 aromatic heterocycles. The van der Waals surface area contributed by atoms with E-state index >= 15 is 0 Å². The number of hydrogen-bond acceptors (Lipinski definition) is 1. The molecule has 0 amide bonds. The van der Waals surface area contributed by atoms with E-state index in [1.165, 1.54) is 16.9 Å². The number of allylic oxidation sites excluding steroid dienone is 4. The zero-order valence-corrected chi connectivity index (χ0v) is 13.8.